The third-order valence-corrected chi connectivity index (χ3v) is 5.94. The molecular weight excluding hydrogens is 335 g/mol. The average molecular weight is 359 g/mol. The van der Waals surface area contributed by atoms with Gasteiger partial charge in [0, 0.05) is 28.0 Å². The molecule has 0 fully saturated rings. The van der Waals surface area contributed by atoms with Crippen molar-refractivity contribution in [2.24, 2.45) is 0 Å². The third kappa shape index (κ3) is 4.76. The Labute approximate surface area is 142 Å². The molecule has 2 unspecified atom stereocenters. The zero-order chi connectivity index (χ0) is 17.1. The summed E-state index contributed by atoms with van der Waals surface area (Å²) in [6.07, 6.45) is 6.33. The fourth-order valence-electron chi connectivity index (χ4n) is 2.32. The second-order valence-electron chi connectivity index (χ2n) is 6.87. The maximum atomic E-state index is 14.2. The zero-order valence-electron chi connectivity index (χ0n) is 14.1. The van der Waals surface area contributed by atoms with Crippen LogP contribution in [0.5, 0.6) is 0 Å². The van der Waals surface area contributed by atoms with E-state index in [4.69, 9.17) is 21.1 Å². The summed E-state index contributed by atoms with van der Waals surface area (Å²) in [4.78, 5) is 0. The van der Waals surface area contributed by atoms with E-state index in [1.54, 1.807) is 29.1 Å². The van der Waals surface area contributed by atoms with Crippen LogP contribution in [-0.4, -0.2) is 36.6 Å². The molecule has 0 spiro atoms. The van der Waals surface area contributed by atoms with Gasteiger partial charge < -0.3 is 9.47 Å². The number of allylic oxidation sites excluding steroid dienone is 2. The van der Waals surface area contributed by atoms with Crippen LogP contribution in [-0.2, 0) is 16.2 Å². The molecule has 1 aliphatic carbocycles. The summed E-state index contributed by atoms with van der Waals surface area (Å²) in [5.41, 5.74) is 0.522. The van der Waals surface area contributed by atoms with E-state index >= 15 is 0 Å². The Kier molecular flexibility index (Phi) is 5.83. The van der Waals surface area contributed by atoms with Crippen LogP contribution in [0.25, 0.3) is 0 Å². The molecule has 1 aliphatic rings. The van der Waals surface area contributed by atoms with E-state index in [0.717, 1.165) is 6.04 Å². The fraction of sp³-hybridized carbons (Fsp3) is 0.562. The maximum Gasteiger partial charge on any atom is 0.175 e. The topological polar surface area (TPSA) is 36.3 Å². The molecule has 128 valence electrons. The van der Waals surface area contributed by atoms with Gasteiger partial charge in [-0.15, -0.1) is 0 Å². The average Bonchev–Trinajstić information content (AvgIpc) is 2.91. The molecule has 1 aromatic heterocycles. The van der Waals surface area contributed by atoms with Gasteiger partial charge in [-0.05, 0) is 24.3 Å². The summed E-state index contributed by atoms with van der Waals surface area (Å²) >= 11 is 6.38. The minimum absolute atomic E-state index is 0.348. The van der Waals surface area contributed by atoms with Crippen molar-refractivity contribution in [3.63, 3.8) is 0 Å². The van der Waals surface area contributed by atoms with Crippen molar-refractivity contribution in [2.75, 3.05) is 13.7 Å². The summed E-state index contributed by atoms with van der Waals surface area (Å²) in [7, 11) is 0.354. The predicted molar refractivity (Wildman–Crippen MR) is 93.0 cm³/mol. The van der Waals surface area contributed by atoms with Crippen LogP contribution in [0.3, 0.4) is 0 Å². The van der Waals surface area contributed by atoms with Gasteiger partial charge in [0.25, 0.3) is 0 Å². The number of methoxy groups -OCH3 is 1. The third-order valence-electron chi connectivity index (χ3n) is 3.74. The second-order valence-corrected chi connectivity index (χ2v) is 13.1. The molecule has 4 nitrogen and oxygen atoms in total. The summed E-state index contributed by atoms with van der Waals surface area (Å²) in [6, 6.07) is 2.84. The first kappa shape index (κ1) is 18.4. The normalized spacial score (nSPS) is 24.8. The molecule has 1 heterocycles. The lowest BCUT2D eigenvalue weighted by Crippen LogP contribution is -2.32. The SMILES string of the molecule is COC1(Cl)C=CC=C(F)C1c1ccn(COCC[Si](C)(C)C)n1. The first-order valence-corrected chi connectivity index (χ1v) is 11.7. The smallest absolute Gasteiger partial charge is 0.175 e. The molecule has 0 aromatic carbocycles. The summed E-state index contributed by atoms with van der Waals surface area (Å²) in [6.45, 7) is 7.97. The minimum Gasteiger partial charge on any atom is -0.360 e. The van der Waals surface area contributed by atoms with Crippen LogP contribution in [0.1, 0.15) is 11.6 Å². The highest BCUT2D eigenvalue weighted by Crippen LogP contribution is 2.43. The molecule has 1 aromatic rings. The number of rotatable bonds is 7. The molecule has 23 heavy (non-hydrogen) atoms. The monoisotopic (exact) mass is 358 g/mol. The van der Waals surface area contributed by atoms with Crippen molar-refractivity contribution in [1.29, 1.82) is 0 Å². The number of nitrogens with zero attached hydrogens (tertiary/aromatic N) is 2. The van der Waals surface area contributed by atoms with E-state index < -0.39 is 19.1 Å². The maximum absolute atomic E-state index is 14.2. The highest BCUT2D eigenvalue weighted by atomic mass is 35.5. The van der Waals surface area contributed by atoms with E-state index in [0.29, 0.717) is 19.0 Å². The molecule has 0 radical (unpaired) electrons. The second kappa shape index (κ2) is 7.30. The Balaban J connectivity index is 2.01. The van der Waals surface area contributed by atoms with Crippen molar-refractivity contribution in [3.05, 3.63) is 42.0 Å². The summed E-state index contributed by atoms with van der Waals surface area (Å²) in [5, 5.41) is 3.13. The molecule has 2 atom stereocenters. The number of hydrogen-bond donors (Lipinski definition) is 0. The fourth-order valence-corrected chi connectivity index (χ4v) is 3.37. The standard InChI is InChI=1S/C16H24ClFN2O2Si/c1-21-16(17)8-5-6-13(18)15(16)14-7-9-20(19-14)12-22-10-11-23(2,3)4/h5-9,15H,10-12H2,1-4H3. The van der Waals surface area contributed by atoms with Crippen molar-refractivity contribution < 1.29 is 13.9 Å². The van der Waals surface area contributed by atoms with Crippen LogP contribution >= 0.6 is 11.6 Å². The first-order valence-electron chi connectivity index (χ1n) is 7.65. The quantitative estimate of drug-likeness (QED) is 0.414. The van der Waals surface area contributed by atoms with Crippen LogP contribution in [0.2, 0.25) is 25.7 Å². The molecule has 0 N–H and O–H groups in total. The lowest BCUT2D eigenvalue weighted by Gasteiger charge is -2.31. The molecular formula is C16H24ClFN2O2Si. The van der Waals surface area contributed by atoms with Gasteiger partial charge in [0.2, 0.25) is 0 Å². The van der Waals surface area contributed by atoms with Gasteiger partial charge in [-0.2, -0.15) is 5.10 Å². The van der Waals surface area contributed by atoms with Gasteiger partial charge in [-0.1, -0.05) is 37.3 Å². The van der Waals surface area contributed by atoms with Gasteiger partial charge in [0.05, 0.1) is 5.69 Å². The molecule has 7 heteroatoms. The highest BCUT2D eigenvalue weighted by Gasteiger charge is 2.42. The summed E-state index contributed by atoms with van der Waals surface area (Å²) in [5.74, 6) is -1.13. The van der Waals surface area contributed by atoms with Crippen LogP contribution < -0.4 is 0 Å². The highest BCUT2D eigenvalue weighted by molar-refractivity contribution is 6.76. The van der Waals surface area contributed by atoms with Gasteiger partial charge in [-0.3, -0.25) is 0 Å². The Morgan fingerprint density at radius 2 is 2.17 bits per heavy atom. The van der Waals surface area contributed by atoms with Crippen LogP contribution in [0.15, 0.2) is 36.3 Å². The van der Waals surface area contributed by atoms with E-state index in [-0.39, 0.29) is 5.83 Å². The van der Waals surface area contributed by atoms with Crippen LogP contribution in [0, 0.1) is 0 Å². The molecule has 0 bridgehead atoms. The van der Waals surface area contributed by atoms with E-state index in [1.807, 2.05) is 0 Å². The van der Waals surface area contributed by atoms with E-state index in [2.05, 4.69) is 24.7 Å². The van der Waals surface area contributed by atoms with E-state index in [9.17, 15) is 4.39 Å². The lowest BCUT2D eigenvalue weighted by atomic mass is 9.92. The van der Waals surface area contributed by atoms with Crippen molar-refractivity contribution in [1.82, 2.24) is 9.78 Å². The number of hydrogen-bond acceptors (Lipinski definition) is 3. The van der Waals surface area contributed by atoms with E-state index in [1.165, 1.54) is 13.2 Å². The number of ether oxygens (including phenoxy) is 2. The van der Waals surface area contributed by atoms with Crippen molar-refractivity contribution in [2.45, 2.75) is 43.4 Å². The molecule has 0 saturated carbocycles. The molecule has 0 saturated heterocycles. The Hall–Kier alpha value is -0.953. The van der Waals surface area contributed by atoms with Gasteiger partial charge in [-0.25, -0.2) is 9.07 Å². The van der Waals surface area contributed by atoms with Crippen molar-refractivity contribution >= 4 is 19.7 Å². The largest absolute Gasteiger partial charge is 0.360 e. The predicted octanol–water partition coefficient (Wildman–Crippen LogP) is 4.28. The number of alkyl halides is 1. The zero-order valence-corrected chi connectivity index (χ0v) is 15.8. The van der Waals surface area contributed by atoms with Crippen LogP contribution in [0.4, 0.5) is 4.39 Å². The minimum atomic E-state index is -1.25. The van der Waals surface area contributed by atoms with Gasteiger partial charge in [0.15, 0.2) is 5.06 Å². The van der Waals surface area contributed by atoms with Gasteiger partial charge in [0.1, 0.15) is 18.5 Å². The number of halogens is 2. The Morgan fingerprint density at radius 3 is 2.83 bits per heavy atom. The summed E-state index contributed by atoms with van der Waals surface area (Å²) < 4.78 is 26.8. The lowest BCUT2D eigenvalue weighted by molar-refractivity contribution is 0.0725. The first-order chi connectivity index (χ1) is 10.7. The molecule has 0 aliphatic heterocycles. The van der Waals surface area contributed by atoms with Crippen molar-refractivity contribution in [3.8, 4) is 0 Å². The Morgan fingerprint density at radius 1 is 1.43 bits per heavy atom. The molecule has 2 rings (SSSR count). The number of aromatic nitrogens is 2. The molecule has 0 amide bonds. The Bertz CT molecular complexity index is 597. The van der Waals surface area contributed by atoms with Gasteiger partial charge >= 0.3 is 0 Å².